The van der Waals surface area contributed by atoms with Crippen molar-refractivity contribution in [1.82, 2.24) is 14.4 Å². The zero-order valence-corrected chi connectivity index (χ0v) is 15.7. The molecule has 1 aromatic carbocycles. The average molecular weight is 369 g/mol. The van der Waals surface area contributed by atoms with Gasteiger partial charge in [0.25, 0.3) is 0 Å². The number of imidazole rings is 1. The summed E-state index contributed by atoms with van der Waals surface area (Å²) in [6, 6.07) is 10.1. The van der Waals surface area contributed by atoms with Crippen molar-refractivity contribution in [2.75, 3.05) is 5.32 Å². The summed E-state index contributed by atoms with van der Waals surface area (Å²) in [6.07, 6.45) is 1.88. The first kappa shape index (κ1) is 16.1. The standard InChI is InChI=1S/C19H17ClN4S/c1-11-4-6-15(12(2)8-11)22-19-23-16(10-25-19)18-13(3)21-17-7-5-14(20)9-24(17)18/h4-10H,1-3H3,(H,22,23). The van der Waals surface area contributed by atoms with E-state index in [-0.39, 0.29) is 0 Å². The molecule has 0 aliphatic carbocycles. The largest absolute Gasteiger partial charge is 0.331 e. The Balaban J connectivity index is 1.72. The molecule has 4 nitrogen and oxygen atoms in total. The Labute approximate surface area is 155 Å². The van der Waals surface area contributed by atoms with Crippen LogP contribution < -0.4 is 5.32 Å². The highest BCUT2D eigenvalue weighted by Gasteiger charge is 2.15. The van der Waals surface area contributed by atoms with Crippen LogP contribution in [-0.4, -0.2) is 14.4 Å². The molecule has 0 spiro atoms. The molecular weight excluding hydrogens is 352 g/mol. The van der Waals surface area contributed by atoms with E-state index in [0.717, 1.165) is 33.5 Å². The highest BCUT2D eigenvalue weighted by Crippen LogP contribution is 2.31. The number of aryl methyl sites for hydroxylation is 3. The lowest BCUT2D eigenvalue weighted by Gasteiger charge is -2.07. The number of halogens is 1. The van der Waals surface area contributed by atoms with Crippen molar-refractivity contribution in [3.05, 3.63) is 63.8 Å². The first-order valence-corrected chi connectivity index (χ1v) is 9.21. The molecule has 4 aromatic rings. The molecule has 25 heavy (non-hydrogen) atoms. The van der Waals surface area contributed by atoms with Crippen molar-refractivity contribution in [3.8, 4) is 11.4 Å². The van der Waals surface area contributed by atoms with Gasteiger partial charge >= 0.3 is 0 Å². The van der Waals surface area contributed by atoms with Gasteiger partial charge in [0.15, 0.2) is 5.13 Å². The predicted molar refractivity (Wildman–Crippen MR) is 105 cm³/mol. The van der Waals surface area contributed by atoms with Crippen LogP contribution in [0, 0.1) is 20.8 Å². The summed E-state index contributed by atoms with van der Waals surface area (Å²) < 4.78 is 1.99. The van der Waals surface area contributed by atoms with Crippen molar-refractivity contribution < 1.29 is 0 Å². The number of thiazole rings is 1. The minimum absolute atomic E-state index is 0.676. The molecule has 0 amide bonds. The van der Waals surface area contributed by atoms with Gasteiger partial charge in [-0.3, -0.25) is 4.40 Å². The second-order valence-corrected chi connectivity index (χ2v) is 7.40. The van der Waals surface area contributed by atoms with Crippen LogP contribution in [0.3, 0.4) is 0 Å². The number of rotatable bonds is 3. The van der Waals surface area contributed by atoms with E-state index in [1.54, 1.807) is 11.3 Å². The quantitative estimate of drug-likeness (QED) is 0.498. The van der Waals surface area contributed by atoms with E-state index in [1.165, 1.54) is 11.1 Å². The minimum atomic E-state index is 0.676. The third-order valence-electron chi connectivity index (χ3n) is 4.13. The fourth-order valence-corrected chi connectivity index (χ4v) is 3.82. The third-order valence-corrected chi connectivity index (χ3v) is 5.11. The second-order valence-electron chi connectivity index (χ2n) is 6.10. The lowest BCUT2D eigenvalue weighted by Crippen LogP contribution is -1.94. The Morgan fingerprint density at radius 2 is 1.92 bits per heavy atom. The zero-order valence-electron chi connectivity index (χ0n) is 14.2. The van der Waals surface area contributed by atoms with Crippen molar-refractivity contribution >= 4 is 39.4 Å². The van der Waals surface area contributed by atoms with Crippen LogP contribution in [-0.2, 0) is 0 Å². The SMILES string of the molecule is Cc1ccc(Nc2nc(-c3c(C)nc4ccc(Cl)cn34)cs2)c(C)c1. The molecule has 0 radical (unpaired) electrons. The van der Waals surface area contributed by atoms with Crippen LogP contribution in [0.25, 0.3) is 17.0 Å². The Hall–Kier alpha value is -2.37. The van der Waals surface area contributed by atoms with Gasteiger partial charge in [-0.05, 0) is 44.5 Å². The molecule has 6 heteroatoms. The van der Waals surface area contributed by atoms with Crippen molar-refractivity contribution in [3.63, 3.8) is 0 Å². The number of nitrogens with zero attached hydrogens (tertiary/aromatic N) is 3. The number of hydrogen-bond donors (Lipinski definition) is 1. The number of aromatic nitrogens is 3. The summed E-state index contributed by atoms with van der Waals surface area (Å²) >= 11 is 7.73. The van der Waals surface area contributed by atoms with E-state index in [2.05, 4.69) is 42.3 Å². The summed E-state index contributed by atoms with van der Waals surface area (Å²) in [5.41, 5.74) is 7.20. The van der Waals surface area contributed by atoms with Gasteiger partial charge in [0, 0.05) is 17.3 Å². The molecule has 126 valence electrons. The zero-order chi connectivity index (χ0) is 17.6. The maximum atomic E-state index is 6.15. The summed E-state index contributed by atoms with van der Waals surface area (Å²) in [7, 11) is 0. The molecule has 1 N–H and O–H groups in total. The van der Waals surface area contributed by atoms with Gasteiger partial charge in [0.05, 0.1) is 16.4 Å². The number of pyridine rings is 1. The molecule has 0 bridgehead atoms. The topological polar surface area (TPSA) is 42.2 Å². The Morgan fingerprint density at radius 3 is 2.72 bits per heavy atom. The molecule has 0 saturated heterocycles. The van der Waals surface area contributed by atoms with Crippen LogP contribution in [0.1, 0.15) is 16.8 Å². The van der Waals surface area contributed by atoms with Gasteiger partial charge in [-0.1, -0.05) is 29.3 Å². The minimum Gasteiger partial charge on any atom is -0.331 e. The second kappa shape index (κ2) is 6.17. The van der Waals surface area contributed by atoms with E-state index >= 15 is 0 Å². The summed E-state index contributed by atoms with van der Waals surface area (Å²) in [5.74, 6) is 0. The van der Waals surface area contributed by atoms with Crippen LogP contribution in [0.5, 0.6) is 0 Å². The van der Waals surface area contributed by atoms with Gasteiger partial charge < -0.3 is 5.32 Å². The van der Waals surface area contributed by atoms with E-state index in [4.69, 9.17) is 16.6 Å². The fourth-order valence-electron chi connectivity index (χ4n) is 2.95. The van der Waals surface area contributed by atoms with Crippen LogP contribution in [0.4, 0.5) is 10.8 Å². The Morgan fingerprint density at radius 1 is 1.08 bits per heavy atom. The molecule has 0 aliphatic rings. The van der Waals surface area contributed by atoms with E-state index in [9.17, 15) is 0 Å². The molecule has 0 fully saturated rings. The monoisotopic (exact) mass is 368 g/mol. The van der Waals surface area contributed by atoms with Crippen LogP contribution >= 0.6 is 22.9 Å². The summed E-state index contributed by atoms with van der Waals surface area (Å²) in [4.78, 5) is 9.35. The molecule has 3 aromatic heterocycles. The van der Waals surface area contributed by atoms with Crippen molar-refractivity contribution in [2.45, 2.75) is 20.8 Å². The lowest BCUT2D eigenvalue weighted by atomic mass is 10.1. The van der Waals surface area contributed by atoms with Gasteiger partial charge in [0.1, 0.15) is 11.3 Å². The number of fused-ring (bicyclic) bond motifs is 1. The smallest absolute Gasteiger partial charge is 0.187 e. The molecule has 3 heterocycles. The van der Waals surface area contributed by atoms with Crippen LogP contribution in [0.15, 0.2) is 41.9 Å². The van der Waals surface area contributed by atoms with E-state index < -0.39 is 0 Å². The lowest BCUT2D eigenvalue weighted by molar-refractivity contribution is 1.17. The van der Waals surface area contributed by atoms with Crippen molar-refractivity contribution in [2.24, 2.45) is 0 Å². The van der Waals surface area contributed by atoms with Gasteiger partial charge in [-0.15, -0.1) is 11.3 Å². The molecule has 0 atom stereocenters. The fraction of sp³-hybridized carbons (Fsp3) is 0.158. The normalized spacial score (nSPS) is 11.2. The number of nitrogens with one attached hydrogen (secondary N) is 1. The number of hydrogen-bond acceptors (Lipinski definition) is 4. The van der Waals surface area contributed by atoms with Crippen LogP contribution in [0.2, 0.25) is 5.02 Å². The Bertz CT molecular complexity index is 1080. The number of benzene rings is 1. The molecule has 0 unspecified atom stereocenters. The maximum Gasteiger partial charge on any atom is 0.187 e. The van der Waals surface area contributed by atoms with Crippen molar-refractivity contribution in [1.29, 1.82) is 0 Å². The summed E-state index contributed by atoms with van der Waals surface area (Å²) in [5, 5.41) is 6.99. The summed E-state index contributed by atoms with van der Waals surface area (Å²) in [6.45, 7) is 6.18. The molecule has 4 rings (SSSR count). The molecular formula is C19H17ClN4S. The van der Waals surface area contributed by atoms with Gasteiger partial charge in [-0.2, -0.15) is 0 Å². The first-order chi connectivity index (χ1) is 12.0. The maximum absolute atomic E-state index is 6.15. The molecule has 0 aliphatic heterocycles. The average Bonchev–Trinajstić information content (AvgIpc) is 3.13. The molecule has 0 saturated carbocycles. The number of anilines is 2. The highest BCUT2D eigenvalue weighted by atomic mass is 35.5. The predicted octanol–water partition coefficient (Wildman–Crippen LogP) is 5.78. The Kier molecular flexibility index (Phi) is 3.98. The van der Waals surface area contributed by atoms with Gasteiger partial charge in [-0.25, -0.2) is 9.97 Å². The van der Waals surface area contributed by atoms with E-state index in [1.807, 2.05) is 35.0 Å². The van der Waals surface area contributed by atoms with E-state index in [0.29, 0.717) is 5.02 Å². The third kappa shape index (κ3) is 3.01. The first-order valence-electron chi connectivity index (χ1n) is 7.95. The van der Waals surface area contributed by atoms with Gasteiger partial charge in [0.2, 0.25) is 0 Å². The highest BCUT2D eigenvalue weighted by molar-refractivity contribution is 7.14.